The predicted octanol–water partition coefficient (Wildman–Crippen LogP) is 4.79. The number of nitrogens with zero attached hydrogens (tertiary/aromatic N) is 3. The first-order valence-electron chi connectivity index (χ1n) is 9.27. The van der Waals surface area contributed by atoms with Gasteiger partial charge >= 0.3 is 0 Å². The minimum atomic E-state index is -3.89. The van der Waals surface area contributed by atoms with Gasteiger partial charge in [0.1, 0.15) is 12.3 Å². The van der Waals surface area contributed by atoms with E-state index in [0.717, 1.165) is 0 Å². The quantitative estimate of drug-likeness (QED) is 0.398. The standard InChI is InChI=1S/C22H18ClN3O4S/c1-29-19-13-11-18(12-14-19)26(31(27,28)20-5-3-2-4-6-20)15-21-24-25-22(30-21)16-7-9-17(23)10-8-16/h2-14H,15H2,1H3. The average molecular weight is 456 g/mol. The van der Waals surface area contributed by atoms with E-state index >= 15 is 0 Å². The summed E-state index contributed by atoms with van der Waals surface area (Å²) < 4.78 is 38.9. The van der Waals surface area contributed by atoms with Gasteiger partial charge in [0, 0.05) is 10.6 Å². The molecule has 31 heavy (non-hydrogen) atoms. The lowest BCUT2D eigenvalue weighted by Crippen LogP contribution is -2.30. The highest BCUT2D eigenvalue weighted by Crippen LogP contribution is 2.28. The van der Waals surface area contributed by atoms with Crippen molar-refractivity contribution in [2.45, 2.75) is 11.4 Å². The van der Waals surface area contributed by atoms with Crippen molar-refractivity contribution in [1.29, 1.82) is 0 Å². The first-order valence-corrected chi connectivity index (χ1v) is 11.1. The van der Waals surface area contributed by atoms with Gasteiger partial charge in [-0.25, -0.2) is 8.42 Å². The lowest BCUT2D eigenvalue weighted by Gasteiger charge is -2.23. The summed E-state index contributed by atoms with van der Waals surface area (Å²) in [6, 6.07) is 21.8. The third-order valence-corrected chi connectivity index (χ3v) is 6.57. The second-order valence-corrected chi connectivity index (χ2v) is 8.83. The zero-order valence-electron chi connectivity index (χ0n) is 16.5. The zero-order valence-corrected chi connectivity index (χ0v) is 18.0. The van der Waals surface area contributed by atoms with E-state index in [-0.39, 0.29) is 23.2 Å². The Morgan fingerprint density at radius 3 is 2.26 bits per heavy atom. The molecule has 0 amide bonds. The molecule has 0 radical (unpaired) electrons. The molecule has 0 aliphatic carbocycles. The van der Waals surface area contributed by atoms with Crippen molar-refractivity contribution in [1.82, 2.24) is 10.2 Å². The van der Waals surface area contributed by atoms with Gasteiger partial charge in [0.25, 0.3) is 10.0 Å². The van der Waals surface area contributed by atoms with Crippen LogP contribution in [-0.2, 0) is 16.6 Å². The van der Waals surface area contributed by atoms with Crippen molar-refractivity contribution in [3.8, 4) is 17.2 Å². The Labute approximate surface area is 184 Å². The van der Waals surface area contributed by atoms with Crippen LogP contribution in [0.4, 0.5) is 5.69 Å². The number of hydrogen-bond donors (Lipinski definition) is 0. The van der Waals surface area contributed by atoms with Gasteiger partial charge in [-0.1, -0.05) is 29.8 Å². The molecule has 158 valence electrons. The first kappa shape index (κ1) is 20.9. The molecule has 0 saturated heterocycles. The van der Waals surface area contributed by atoms with E-state index in [1.54, 1.807) is 86.0 Å². The second-order valence-electron chi connectivity index (χ2n) is 6.53. The molecule has 0 aliphatic heterocycles. The number of rotatable bonds is 7. The number of anilines is 1. The normalized spacial score (nSPS) is 11.3. The van der Waals surface area contributed by atoms with Crippen LogP contribution in [0.3, 0.4) is 0 Å². The van der Waals surface area contributed by atoms with Gasteiger partial charge in [-0.05, 0) is 60.7 Å². The molecule has 3 aromatic carbocycles. The number of aromatic nitrogens is 2. The van der Waals surface area contributed by atoms with Gasteiger partial charge in [-0.2, -0.15) is 0 Å². The molecule has 9 heteroatoms. The molecule has 1 heterocycles. The van der Waals surface area contributed by atoms with Crippen molar-refractivity contribution in [2.24, 2.45) is 0 Å². The Balaban J connectivity index is 1.70. The Morgan fingerprint density at radius 2 is 1.61 bits per heavy atom. The van der Waals surface area contributed by atoms with E-state index < -0.39 is 10.0 Å². The molecule has 0 unspecified atom stereocenters. The fourth-order valence-corrected chi connectivity index (χ4v) is 4.49. The van der Waals surface area contributed by atoms with E-state index in [2.05, 4.69) is 10.2 Å². The maximum absolute atomic E-state index is 13.4. The van der Waals surface area contributed by atoms with E-state index in [0.29, 0.717) is 22.0 Å². The number of ether oxygens (including phenoxy) is 1. The van der Waals surface area contributed by atoms with Gasteiger partial charge in [0.2, 0.25) is 11.8 Å². The molecule has 0 bridgehead atoms. The summed E-state index contributed by atoms with van der Waals surface area (Å²) in [5.41, 5.74) is 1.13. The summed E-state index contributed by atoms with van der Waals surface area (Å²) in [6.45, 7) is -0.135. The van der Waals surface area contributed by atoms with Gasteiger partial charge in [-0.3, -0.25) is 4.31 Å². The Kier molecular flexibility index (Phi) is 5.92. The van der Waals surface area contributed by atoms with Crippen LogP contribution in [0.5, 0.6) is 5.75 Å². The summed E-state index contributed by atoms with van der Waals surface area (Å²) in [4.78, 5) is 0.156. The number of hydrogen-bond acceptors (Lipinski definition) is 6. The van der Waals surface area contributed by atoms with Gasteiger partial charge in [-0.15, -0.1) is 10.2 Å². The summed E-state index contributed by atoms with van der Waals surface area (Å²) in [6.07, 6.45) is 0. The van der Waals surface area contributed by atoms with Crippen molar-refractivity contribution in [3.63, 3.8) is 0 Å². The highest BCUT2D eigenvalue weighted by Gasteiger charge is 2.27. The van der Waals surface area contributed by atoms with Crippen LogP contribution in [0.2, 0.25) is 5.02 Å². The summed E-state index contributed by atoms with van der Waals surface area (Å²) >= 11 is 5.92. The summed E-state index contributed by atoms with van der Waals surface area (Å²) in [5, 5.41) is 8.67. The fraction of sp³-hybridized carbons (Fsp3) is 0.0909. The molecular weight excluding hydrogens is 438 g/mol. The Hall–Kier alpha value is -3.36. The molecular formula is C22H18ClN3O4S. The Morgan fingerprint density at radius 1 is 0.935 bits per heavy atom. The van der Waals surface area contributed by atoms with E-state index in [1.807, 2.05) is 0 Å². The monoisotopic (exact) mass is 455 g/mol. The molecule has 0 aliphatic rings. The smallest absolute Gasteiger partial charge is 0.264 e. The second kappa shape index (κ2) is 8.79. The molecule has 0 N–H and O–H groups in total. The highest BCUT2D eigenvalue weighted by atomic mass is 35.5. The minimum Gasteiger partial charge on any atom is -0.497 e. The molecule has 1 aromatic heterocycles. The highest BCUT2D eigenvalue weighted by molar-refractivity contribution is 7.92. The summed E-state index contributed by atoms with van der Waals surface area (Å²) in [7, 11) is -2.34. The number of halogens is 1. The SMILES string of the molecule is COc1ccc(N(Cc2nnc(-c3ccc(Cl)cc3)o2)S(=O)(=O)c2ccccc2)cc1. The maximum Gasteiger partial charge on any atom is 0.264 e. The lowest BCUT2D eigenvalue weighted by atomic mass is 10.2. The van der Waals surface area contributed by atoms with E-state index in [4.69, 9.17) is 20.8 Å². The Bertz CT molecular complexity index is 1260. The van der Waals surface area contributed by atoms with Crippen LogP contribution >= 0.6 is 11.6 Å². The third kappa shape index (κ3) is 4.55. The predicted molar refractivity (Wildman–Crippen MR) is 118 cm³/mol. The topological polar surface area (TPSA) is 85.5 Å². The third-order valence-electron chi connectivity index (χ3n) is 4.53. The van der Waals surface area contributed by atoms with Crippen molar-refractivity contribution >= 4 is 27.3 Å². The average Bonchev–Trinajstić information content (AvgIpc) is 3.27. The van der Waals surface area contributed by atoms with Crippen molar-refractivity contribution in [2.75, 3.05) is 11.4 Å². The van der Waals surface area contributed by atoms with Crippen LogP contribution in [-0.4, -0.2) is 25.7 Å². The number of benzene rings is 3. The van der Waals surface area contributed by atoms with Gasteiger partial charge < -0.3 is 9.15 Å². The van der Waals surface area contributed by atoms with E-state index in [9.17, 15) is 8.42 Å². The number of methoxy groups -OCH3 is 1. The van der Waals surface area contributed by atoms with Crippen LogP contribution in [0.1, 0.15) is 5.89 Å². The fourth-order valence-electron chi connectivity index (χ4n) is 2.93. The van der Waals surface area contributed by atoms with Crippen LogP contribution < -0.4 is 9.04 Å². The number of sulfonamides is 1. The maximum atomic E-state index is 13.4. The molecule has 4 rings (SSSR count). The molecule has 0 fully saturated rings. The van der Waals surface area contributed by atoms with Crippen LogP contribution in [0, 0.1) is 0 Å². The molecule has 0 spiro atoms. The first-order chi connectivity index (χ1) is 15.0. The van der Waals surface area contributed by atoms with Gasteiger partial charge in [0.15, 0.2) is 0 Å². The largest absolute Gasteiger partial charge is 0.497 e. The van der Waals surface area contributed by atoms with E-state index in [1.165, 1.54) is 4.31 Å². The molecule has 0 atom stereocenters. The van der Waals surface area contributed by atoms with Crippen molar-refractivity contribution < 1.29 is 17.6 Å². The van der Waals surface area contributed by atoms with Crippen LogP contribution in [0.15, 0.2) is 88.2 Å². The van der Waals surface area contributed by atoms with Gasteiger partial charge in [0.05, 0.1) is 17.7 Å². The summed E-state index contributed by atoms with van der Waals surface area (Å²) in [5.74, 6) is 1.04. The molecule has 7 nitrogen and oxygen atoms in total. The molecule has 4 aromatic rings. The van der Waals surface area contributed by atoms with Crippen molar-refractivity contribution in [3.05, 3.63) is 89.8 Å². The van der Waals surface area contributed by atoms with Crippen LogP contribution in [0.25, 0.3) is 11.5 Å². The lowest BCUT2D eigenvalue weighted by molar-refractivity contribution is 0.415. The molecule has 0 saturated carbocycles. The minimum absolute atomic E-state index is 0.135. The zero-order chi connectivity index (χ0) is 21.8.